The lowest BCUT2D eigenvalue weighted by atomic mass is 9.88. The number of hydrogen-bond acceptors (Lipinski definition) is 8. The van der Waals surface area contributed by atoms with E-state index < -0.39 is 23.3 Å². The molecule has 0 aliphatic carbocycles. The second-order valence-corrected chi connectivity index (χ2v) is 6.74. The molecule has 0 rings (SSSR count). The summed E-state index contributed by atoms with van der Waals surface area (Å²) in [5.74, 6) is -2.81. The van der Waals surface area contributed by atoms with Crippen molar-refractivity contribution in [3.63, 3.8) is 0 Å². The molecule has 196 valence electrons. The first-order valence-electron chi connectivity index (χ1n) is 9.80. The van der Waals surface area contributed by atoms with E-state index in [4.69, 9.17) is 40.9 Å². The summed E-state index contributed by atoms with van der Waals surface area (Å²) in [4.78, 5) is 28.8. The quantitative estimate of drug-likeness (QED) is 0.163. The number of carbonyl (C=O) groups is 3. The van der Waals surface area contributed by atoms with Crippen molar-refractivity contribution < 1.29 is 55.2 Å². The van der Waals surface area contributed by atoms with Crippen LogP contribution in [0, 0.1) is 5.41 Å². The van der Waals surface area contributed by atoms with Gasteiger partial charge in [-0.2, -0.15) is 0 Å². The fourth-order valence-electron chi connectivity index (χ4n) is 0.709. The van der Waals surface area contributed by atoms with E-state index in [0.29, 0.717) is 6.42 Å². The summed E-state index contributed by atoms with van der Waals surface area (Å²) < 4.78 is 0. The summed E-state index contributed by atoms with van der Waals surface area (Å²) in [6.45, 7) is 15.5. The molecule has 0 unspecified atom stereocenters. The van der Waals surface area contributed by atoms with E-state index in [2.05, 4.69) is 19.7 Å². The van der Waals surface area contributed by atoms with Gasteiger partial charge in [-0.25, -0.2) is 14.4 Å². The van der Waals surface area contributed by atoms with Crippen LogP contribution < -0.4 is 0 Å². The molecule has 0 aliphatic rings. The maximum Gasteiger partial charge on any atom is 0.330 e. The molecule has 8 N–H and O–H groups in total. The first kappa shape index (κ1) is 40.8. The fourth-order valence-corrected chi connectivity index (χ4v) is 0.709. The highest BCUT2D eigenvalue weighted by Crippen LogP contribution is 2.18. The van der Waals surface area contributed by atoms with Gasteiger partial charge in [-0.05, 0) is 40.0 Å². The van der Waals surface area contributed by atoms with E-state index in [1.165, 1.54) is 20.8 Å². The highest BCUT2D eigenvalue weighted by Gasteiger charge is 2.24. The lowest BCUT2D eigenvalue weighted by Gasteiger charge is -2.24. The zero-order chi connectivity index (χ0) is 27.6. The minimum Gasteiger partial charge on any atom is -0.478 e. The van der Waals surface area contributed by atoms with Crippen LogP contribution >= 0.6 is 0 Å². The number of unbranched alkanes of at least 4 members (excludes halogenated alkanes) is 1. The minimum atomic E-state index is -0.935. The van der Waals surface area contributed by atoms with Crippen LogP contribution in [-0.2, 0) is 14.4 Å². The van der Waals surface area contributed by atoms with Gasteiger partial charge in [0, 0.05) is 35.3 Å². The summed E-state index contributed by atoms with van der Waals surface area (Å²) in [5.41, 5.74) is -0.139. The second kappa shape index (κ2) is 27.5. The second-order valence-electron chi connectivity index (χ2n) is 6.74. The fraction of sp³-hybridized carbons (Fsp3) is 0.591. The average molecular weight is 483 g/mol. The molecular formula is C22H42O11. The normalized spacial score (nSPS) is 9.00. The van der Waals surface area contributed by atoms with Crippen molar-refractivity contribution in [1.82, 2.24) is 0 Å². The maximum absolute atomic E-state index is 9.60. The first-order valence-corrected chi connectivity index (χ1v) is 9.80. The first-order chi connectivity index (χ1) is 15.1. The molecule has 0 fully saturated rings. The molecule has 0 aromatic carbocycles. The summed E-state index contributed by atoms with van der Waals surface area (Å²) in [5, 5.41) is 65.8. The Morgan fingerprint density at radius 1 is 0.606 bits per heavy atom. The third-order valence-corrected chi connectivity index (χ3v) is 3.42. The molecule has 0 radical (unpaired) electrons. The van der Waals surface area contributed by atoms with Gasteiger partial charge in [-0.3, -0.25) is 0 Å². The lowest BCUT2D eigenvalue weighted by Crippen LogP contribution is -2.32. The lowest BCUT2D eigenvalue weighted by molar-refractivity contribution is -0.133. The number of rotatable bonds is 10. The van der Waals surface area contributed by atoms with Gasteiger partial charge in [0.25, 0.3) is 0 Å². The monoisotopic (exact) mass is 482 g/mol. The van der Waals surface area contributed by atoms with Crippen LogP contribution in [0.25, 0.3) is 0 Å². The van der Waals surface area contributed by atoms with Crippen LogP contribution in [0.2, 0.25) is 0 Å². The maximum atomic E-state index is 9.60. The number of hydrogen-bond donors (Lipinski definition) is 8. The van der Waals surface area contributed by atoms with Crippen LogP contribution in [0.3, 0.4) is 0 Å². The molecule has 33 heavy (non-hydrogen) atoms. The standard InChI is InChI=1S/C6H14O3.3C4H6O2.C4H10O2/c1-2-6(3-7,4-8)5-9;3*1-3(2)4(5)6;5-3-1-2-4-6/h7-9H,2-5H2,1H3;3*1H2,2H3,(H,5,6);5-6H,1-4H2. The zero-order valence-corrected chi connectivity index (χ0v) is 20.1. The number of carboxylic acids is 3. The number of aliphatic hydroxyl groups is 5. The van der Waals surface area contributed by atoms with Gasteiger partial charge < -0.3 is 40.9 Å². The van der Waals surface area contributed by atoms with E-state index in [0.717, 1.165) is 12.8 Å². The van der Waals surface area contributed by atoms with Crippen LogP contribution in [0.15, 0.2) is 36.5 Å². The molecule has 0 heterocycles. The molecule has 0 aromatic heterocycles. The Hall–Kier alpha value is -2.57. The highest BCUT2D eigenvalue weighted by molar-refractivity contribution is 5.85. The molecule has 0 saturated carbocycles. The molecule has 0 amide bonds. The van der Waals surface area contributed by atoms with Crippen molar-refractivity contribution in [2.45, 2.75) is 47.0 Å². The van der Waals surface area contributed by atoms with E-state index in [-0.39, 0.29) is 49.8 Å². The van der Waals surface area contributed by atoms with Gasteiger partial charge in [0.05, 0.1) is 19.8 Å². The van der Waals surface area contributed by atoms with Crippen LogP contribution in [-0.4, -0.2) is 91.8 Å². The minimum absolute atomic E-state index is 0.156. The molecule has 0 spiro atoms. The van der Waals surface area contributed by atoms with Crippen molar-refractivity contribution in [2.75, 3.05) is 33.0 Å². The Morgan fingerprint density at radius 2 is 0.788 bits per heavy atom. The van der Waals surface area contributed by atoms with Gasteiger partial charge in [0.1, 0.15) is 0 Å². The largest absolute Gasteiger partial charge is 0.478 e. The predicted molar refractivity (Wildman–Crippen MR) is 125 cm³/mol. The molecule has 11 nitrogen and oxygen atoms in total. The van der Waals surface area contributed by atoms with Crippen LogP contribution in [0.4, 0.5) is 0 Å². The van der Waals surface area contributed by atoms with Crippen molar-refractivity contribution >= 4 is 17.9 Å². The average Bonchev–Trinajstić information content (AvgIpc) is 2.75. The Morgan fingerprint density at radius 3 is 0.818 bits per heavy atom. The Balaban J connectivity index is -0.000000100. The summed E-state index contributed by atoms with van der Waals surface area (Å²) in [6, 6.07) is 0. The Bertz CT molecular complexity index is 450. The summed E-state index contributed by atoms with van der Waals surface area (Å²) in [6.07, 6.45) is 2.03. The molecular weight excluding hydrogens is 440 g/mol. The van der Waals surface area contributed by atoms with E-state index >= 15 is 0 Å². The smallest absolute Gasteiger partial charge is 0.330 e. The van der Waals surface area contributed by atoms with Gasteiger partial charge in [0.2, 0.25) is 0 Å². The van der Waals surface area contributed by atoms with E-state index in [1.807, 2.05) is 6.92 Å². The number of aliphatic hydroxyl groups excluding tert-OH is 5. The molecule has 0 atom stereocenters. The highest BCUT2D eigenvalue weighted by atomic mass is 16.4. The topological polar surface area (TPSA) is 213 Å². The molecule has 0 bridgehead atoms. The summed E-state index contributed by atoms with van der Waals surface area (Å²) in [7, 11) is 0. The van der Waals surface area contributed by atoms with Gasteiger partial charge in [0.15, 0.2) is 0 Å². The Kier molecular flexibility index (Phi) is 33.9. The Labute approximate surface area is 195 Å². The zero-order valence-electron chi connectivity index (χ0n) is 20.1. The van der Waals surface area contributed by atoms with Gasteiger partial charge >= 0.3 is 17.9 Å². The van der Waals surface area contributed by atoms with Crippen LogP contribution in [0.1, 0.15) is 47.0 Å². The van der Waals surface area contributed by atoms with Crippen molar-refractivity contribution in [1.29, 1.82) is 0 Å². The van der Waals surface area contributed by atoms with Gasteiger partial charge in [-0.15, -0.1) is 0 Å². The van der Waals surface area contributed by atoms with Gasteiger partial charge in [-0.1, -0.05) is 26.7 Å². The van der Waals surface area contributed by atoms with Crippen molar-refractivity contribution in [3.05, 3.63) is 36.5 Å². The SMILES string of the molecule is C=C(C)C(=O)O.C=C(C)C(=O)O.C=C(C)C(=O)O.CCC(CO)(CO)CO.OCCCCO. The van der Waals surface area contributed by atoms with Crippen LogP contribution in [0.5, 0.6) is 0 Å². The molecule has 0 aliphatic heterocycles. The van der Waals surface area contributed by atoms with Crippen molar-refractivity contribution in [3.8, 4) is 0 Å². The summed E-state index contributed by atoms with van der Waals surface area (Å²) >= 11 is 0. The molecule has 11 heteroatoms. The third kappa shape index (κ3) is 37.1. The third-order valence-electron chi connectivity index (χ3n) is 3.42. The van der Waals surface area contributed by atoms with E-state index in [1.54, 1.807) is 0 Å². The van der Waals surface area contributed by atoms with E-state index in [9.17, 15) is 14.4 Å². The van der Waals surface area contributed by atoms with Crippen molar-refractivity contribution in [2.24, 2.45) is 5.41 Å². The predicted octanol–water partition coefficient (Wildman–Crippen LogP) is 1.05. The number of carboxylic acid groups (broad SMARTS) is 3. The molecule has 0 saturated heterocycles. The molecule has 0 aromatic rings. The number of aliphatic carboxylic acids is 3.